The van der Waals surface area contributed by atoms with Crippen molar-refractivity contribution in [2.24, 2.45) is 0 Å². The van der Waals surface area contributed by atoms with Gasteiger partial charge in [-0.3, -0.25) is 4.79 Å². The highest BCUT2D eigenvalue weighted by Crippen LogP contribution is 2.22. The van der Waals surface area contributed by atoms with Gasteiger partial charge in [-0.15, -0.1) is 0 Å². The van der Waals surface area contributed by atoms with E-state index in [-0.39, 0.29) is 24.0 Å². The topological polar surface area (TPSA) is 92.2 Å². The Hall–Kier alpha value is -3.68. The number of amides is 3. The summed E-state index contributed by atoms with van der Waals surface area (Å²) in [4.78, 5) is 29.7. The van der Waals surface area contributed by atoms with E-state index in [2.05, 4.69) is 20.7 Å². The Morgan fingerprint density at radius 2 is 1.80 bits per heavy atom. The van der Waals surface area contributed by atoms with Gasteiger partial charge in [-0.1, -0.05) is 24.3 Å². The maximum Gasteiger partial charge on any atom is 0.318 e. The standard InChI is InChI=1S/C22H26N6O2/c1-15(19-6-5-7-20(12-19)26-17(3)29)25-22(30)27(4)16(2)18-8-10-21(11-9-18)28-14-23-13-24-28/h5-16H,1-4H3,(H,25,30)(H,26,29)/t15-,16+/m0/s1. The first-order valence-electron chi connectivity index (χ1n) is 9.71. The number of benzene rings is 2. The van der Waals surface area contributed by atoms with E-state index in [1.165, 1.54) is 13.3 Å². The van der Waals surface area contributed by atoms with E-state index in [0.29, 0.717) is 5.69 Å². The van der Waals surface area contributed by atoms with E-state index in [1.807, 2.05) is 62.4 Å². The van der Waals surface area contributed by atoms with Crippen LogP contribution in [0.4, 0.5) is 10.5 Å². The number of carbonyl (C=O) groups excluding carboxylic acids is 2. The van der Waals surface area contributed by atoms with Gasteiger partial charge in [0.25, 0.3) is 0 Å². The number of nitrogens with one attached hydrogen (secondary N) is 2. The van der Waals surface area contributed by atoms with Crippen LogP contribution >= 0.6 is 0 Å². The molecule has 1 heterocycles. The molecule has 0 bridgehead atoms. The Bertz CT molecular complexity index is 1000. The second-order valence-electron chi connectivity index (χ2n) is 7.20. The van der Waals surface area contributed by atoms with Gasteiger partial charge in [-0.2, -0.15) is 5.10 Å². The number of anilines is 1. The molecule has 0 saturated heterocycles. The third-order valence-corrected chi connectivity index (χ3v) is 5.01. The highest BCUT2D eigenvalue weighted by atomic mass is 16.2. The summed E-state index contributed by atoms with van der Waals surface area (Å²) in [6.07, 6.45) is 3.13. The molecule has 0 unspecified atom stereocenters. The van der Waals surface area contributed by atoms with Gasteiger partial charge in [-0.05, 0) is 49.2 Å². The van der Waals surface area contributed by atoms with Crippen molar-refractivity contribution in [1.82, 2.24) is 25.0 Å². The number of rotatable bonds is 6. The molecule has 8 heteroatoms. The third kappa shape index (κ3) is 5.02. The van der Waals surface area contributed by atoms with Gasteiger partial charge in [-0.25, -0.2) is 14.5 Å². The summed E-state index contributed by atoms with van der Waals surface area (Å²) in [5, 5.41) is 9.89. The minimum atomic E-state index is -0.212. The van der Waals surface area contributed by atoms with Crippen LogP contribution in [0.2, 0.25) is 0 Å². The summed E-state index contributed by atoms with van der Waals surface area (Å²) in [7, 11) is 1.77. The Morgan fingerprint density at radius 3 is 2.43 bits per heavy atom. The molecule has 3 aromatic rings. The van der Waals surface area contributed by atoms with Crippen LogP contribution in [0.1, 0.15) is 44.0 Å². The van der Waals surface area contributed by atoms with Crippen LogP contribution in [0.15, 0.2) is 61.2 Å². The van der Waals surface area contributed by atoms with Crippen LogP contribution in [0.25, 0.3) is 5.69 Å². The van der Waals surface area contributed by atoms with Gasteiger partial charge in [0, 0.05) is 19.7 Å². The van der Waals surface area contributed by atoms with Gasteiger partial charge in [0.05, 0.1) is 17.8 Å². The van der Waals surface area contributed by atoms with Crippen LogP contribution in [0, 0.1) is 0 Å². The Kier molecular flexibility index (Phi) is 6.46. The van der Waals surface area contributed by atoms with E-state index in [4.69, 9.17) is 0 Å². The van der Waals surface area contributed by atoms with Crippen molar-refractivity contribution in [2.75, 3.05) is 12.4 Å². The zero-order chi connectivity index (χ0) is 21.7. The van der Waals surface area contributed by atoms with Crippen molar-refractivity contribution in [3.8, 4) is 5.69 Å². The quantitative estimate of drug-likeness (QED) is 0.653. The van der Waals surface area contributed by atoms with Gasteiger partial charge in [0.2, 0.25) is 5.91 Å². The first kappa shape index (κ1) is 21.0. The third-order valence-electron chi connectivity index (χ3n) is 5.01. The molecule has 0 fully saturated rings. The number of aromatic nitrogens is 3. The van der Waals surface area contributed by atoms with E-state index in [9.17, 15) is 9.59 Å². The molecule has 0 radical (unpaired) electrons. The normalized spacial score (nSPS) is 12.7. The molecule has 2 N–H and O–H groups in total. The average molecular weight is 406 g/mol. The van der Waals surface area contributed by atoms with Crippen LogP contribution < -0.4 is 10.6 Å². The highest BCUT2D eigenvalue weighted by Gasteiger charge is 2.19. The van der Waals surface area contributed by atoms with Crippen molar-refractivity contribution < 1.29 is 9.59 Å². The van der Waals surface area contributed by atoms with Crippen molar-refractivity contribution in [3.63, 3.8) is 0 Å². The molecule has 0 saturated carbocycles. The molecule has 2 aromatic carbocycles. The number of hydrogen-bond acceptors (Lipinski definition) is 4. The number of hydrogen-bond donors (Lipinski definition) is 2. The highest BCUT2D eigenvalue weighted by molar-refractivity contribution is 5.88. The van der Waals surface area contributed by atoms with E-state index in [0.717, 1.165) is 16.8 Å². The summed E-state index contributed by atoms with van der Waals surface area (Å²) >= 11 is 0. The van der Waals surface area contributed by atoms with E-state index < -0.39 is 0 Å². The summed E-state index contributed by atoms with van der Waals surface area (Å²) in [6.45, 7) is 5.36. The van der Waals surface area contributed by atoms with Crippen molar-refractivity contribution in [1.29, 1.82) is 0 Å². The molecule has 8 nitrogen and oxygen atoms in total. The SMILES string of the molecule is CC(=O)Nc1cccc([C@H](C)NC(=O)N(C)[C@H](C)c2ccc(-n3cncn3)cc2)c1. The van der Waals surface area contributed by atoms with Crippen LogP contribution in [0.3, 0.4) is 0 Å². The van der Waals surface area contributed by atoms with Crippen molar-refractivity contribution in [2.45, 2.75) is 32.9 Å². The molecule has 3 amide bonds. The number of nitrogens with zero attached hydrogens (tertiary/aromatic N) is 4. The Balaban J connectivity index is 1.64. The summed E-state index contributed by atoms with van der Waals surface area (Å²) < 4.78 is 1.68. The largest absolute Gasteiger partial charge is 0.331 e. The fourth-order valence-electron chi connectivity index (χ4n) is 3.11. The molecular formula is C22H26N6O2. The van der Waals surface area contributed by atoms with Gasteiger partial charge < -0.3 is 15.5 Å². The lowest BCUT2D eigenvalue weighted by atomic mass is 10.1. The molecular weight excluding hydrogens is 380 g/mol. The van der Waals surface area contributed by atoms with Gasteiger partial charge >= 0.3 is 6.03 Å². The lowest BCUT2D eigenvalue weighted by Gasteiger charge is -2.27. The lowest BCUT2D eigenvalue weighted by Crippen LogP contribution is -2.40. The second-order valence-corrected chi connectivity index (χ2v) is 7.20. The fourth-order valence-corrected chi connectivity index (χ4v) is 3.11. The molecule has 156 valence electrons. The number of carbonyl (C=O) groups is 2. The zero-order valence-corrected chi connectivity index (χ0v) is 17.5. The van der Waals surface area contributed by atoms with Crippen LogP contribution in [0.5, 0.6) is 0 Å². The van der Waals surface area contributed by atoms with Crippen LogP contribution in [-0.4, -0.2) is 38.7 Å². The average Bonchev–Trinajstić information content (AvgIpc) is 3.27. The molecule has 0 aliphatic carbocycles. The summed E-state index contributed by atoms with van der Waals surface area (Å²) in [6, 6.07) is 14.8. The van der Waals surface area contributed by atoms with Crippen molar-refractivity contribution in [3.05, 3.63) is 72.3 Å². The second kappa shape index (κ2) is 9.21. The minimum Gasteiger partial charge on any atom is -0.331 e. The molecule has 0 spiro atoms. The minimum absolute atomic E-state index is 0.118. The fraction of sp³-hybridized carbons (Fsp3) is 0.273. The van der Waals surface area contributed by atoms with Crippen molar-refractivity contribution >= 4 is 17.6 Å². The molecule has 1 aromatic heterocycles. The smallest absolute Gasteiger partial charge is 0.318 e. The molecule has 2 atom stereocenters. The first-order valence-corrected chi connectivity index (χ1v) is 9.71. The van der Waals surface area contributed by atoms with Gasteiger partial charge in [0.15, 0.2) is 0 Å². The van der Waals surface area contributed by atoms with Gasteiger partial charge in [0.1, 0.15) is 12.7 Å². The summed E-state index contributed by atoms with van der Waals surface area (Å²) in [5.74, 6) is -0.132. The molecule has 3 rings (SSSR count). The first-order chi connectivity index (χ1) is 14.3. The Morgan fingerprint density at radius 1 is 1.07 bits per heavy atom. The molecule has 0 aliphatic heterocycles. The lowest BCUT2D eigenvalue weighted by molar-refractivity contribution is -0.114. The van der Waals surface area contributed by atoms with E-state index >= 15 is 0 Å². The maximum atomic E-state index is 12.8. The predicted molar refractivity (Wildman–Crippen MR) is 115 cm³/mol. The Labute approximate surface area is 175 Å². The van der Waals surface area contributed by atoms with E-state index in [1.54, 1.807) is 23.0 Å². The summed E-state index contributed by atoms with van der Waals surface area (Å²) in [5.41, 5.74) is 3.53. The molecule has 30 heavy (non-hydrogen) atoms. The zero-order valence-electron chi connectivity index (χ0n) is 17.5. The molecule has 0 aliphatic rings. The monoisotopic (exact) mass is 406 g/mol. The maximum absolute atomic E-state index is 12.8. The predicted octanol–water partition coefficient (Wildman–Crippen LogP) is 3.69. The number of urea groups is 1. The van der Waals surface area contributed by atoms with Crippen LogP contribution in [-0.2, 0) is 4.79 Å².